The van der Waals surface area contributed by atoms with Gasteiger partial charge in [-0.2, -0.15) is 0 Å². The molecule has 3 heterocycles. The minimum Gasteiger partial charge on any atom is -0.380 e. The second-order valence-electron chi connectivity index (χ2n) is 6.26. The van der Waals surface area contributed by atoms with Crippen LogP contribution in [0.1, 0.15) is 38.5 Å². The van der Waals surface area contributed by atoms with Crippen LogP contribution < -0.4 is 5.32 Å². The summed E-state index contributed by atoms with van der Waals surface area (Å²) in [5.41, 5.74) is 0. The van der Waals surface area contributed by atoms with Crippen molar-refractivity contribution in [2.24, 2.45) is 5.92 Å². The Balaban J connectivity index is 1.41. The molecule has 0 aromatic carbocycles. The first-order valence-electron chi connectivity index (χ1n) is 7.35. The molecule has 17 heavy (non-hydrogen) atoms. The van der Waals surface area contributed by atoms with Gasteiger partial charge in [0.25, 0.3) is 0 Å². The molecule has 3 atom stereocenters. The predicted octanol–water partition coefficient (Wildman–Crippen LogP) is 1.63. The maximum absolute atomic E-state index is 5.46. The first kappa shape index (κ1) is 11.9. The molecule has 0 aromatic rings. The standard InChI is InChI=1S/C14H26N2O/c1-16(14-5-7-17-10-14)6-4-11-8-12-2-3-13(9-11)15-12/h11-15H,2-10H2,1H3. The van der Waals surface area contributed by atoms with Gasteiger partial charge in [-0.1, -0.05) is 0 Å². The number of rotatable bonds is 4. The van der Waals surface area contributed by atoms with Gasteiger partial charge in [-0.05, 0) is 58.0 Å². The highest BCUT2D eigenvalue weighted by molar-refractivity contribution is 4.92. The van der Waals surface area contributed by atoms with Crippen molar-refractivity contribution in [2.75, 3.05) is 26.8 Å². The Morgan fingerprint density at radius 1 is 1.18 bits per heavy atom. The zero-order valence-electron chi connectivity index (χ0n) is 11.0. The third-order valence-corrected chi connectivity index (χ3v) is 4.99. The minimum atomic E-state index is 0.688. The van der Waals surface area contributed by atoms with Crippen molar-refractivity contribution in [1.82, 2.24) is 10.2 Å². The molecule has 0 saturated carbocycles. The van der Waals surface area contributed by atoms with E-state index in [1.54, 1.807) is 0 Å². The van der Waals surface area contributed by atoms with Crippen LogP contribution >= 0.6 is 0 Å². The number of nitrogens with one attached hydrogen (secondary N) is 1. The Morgan fingerprint density at radius 3 is 2.59 bits per heavy atom. The van der Waals surface area contributed by atoms with Crippen LogP contribution in [0.2, 0.25) is 0 Å². The number of piperidine rings is 1. The topological polar surface area (TPSA) is 24.5 Å². The molecular formula is C14H26N2O. The maximum atomic E-state index is 5.46. The highest BCUT2D eigenvalue weighted by Gasteiger charge is 2.33. The molecular weight excluding hydrogens is 212 g/mol. The summed E-state index contributed by atoms with van der Waals surface area (Å²) in [7, 11) is 2.27. The van der Waals surface area contributed by atoms with E-state index in [0.29, 0.717) is 6.04 Å². The second kappa shape index (κ2) is 5.25. The average Bonchev–Trinajstić information content (AvgIpc) is 2.96. The quantitative estimate of drug-likeness (QED) is 0.805. The molecule has 0 radical (unpaired) electrons. The Hall–Kier alpha value is -0.120. The fraction of sp³-hybridized carbons (Fsp3) is 1.00. The van der Waals surface area contributed by atoms with Gasteiger partial charge in [-0.15, -0.1) is 0 Å². The molecule has 0 aliphatic carbocycles. The smallest absolute Gasteiger partial charge is 0.0622 e. The van der Waals surface area contributed by atoms with Gasteiger partial charge in [0.05, 0.1) is 6.61 Å². The number of likely N-dealkylation sites (N-methyl/N-ethyl adjacent to an activating group) is 1. The van der Waals surface area contributed by atoms with E-state index in [2.05, 4.69) is 17.3 Å². The molecule has 0 spiro atoms. The molecule has 1 N–H and O–H groups in total. The first-order valence-corrected chi connectivity index (χ1v) is 7.35. The van der Waals surface area contributed by atoms with E-state index in [1.165, 1.54) is 45.1 Å². The van der Waals surface area contributed by atoms with Crippen LogP contribution in [0.15, 0.2) is 0 Å². The monoisotopic (exact) mass is 238 g/mol. The summed E-state index contributed by atoms with van der Waals surface area (Å²) in [5.74, 6) is 0.971. The number of fused-ring (bicyclic) bond motifs is 2. The van der Waals surface area contributed by atoms with Gasteiger partial charge >= 0.3 is 0 Å². The van der Waals surface area contributed by atoms with Crippen molar-refractivity contribution in [2.45, 2.75) is 56.7 Å². The van der Waals surface area contributed by atoms with Crippen molar-refractivity contribution in [1.29, 1.82) is 0 Å². The molecule has 3 fully saturated rings. The normalized spacial score (nSPS) is 41.3. The first-order chi connectivity index (χ1) is 8.31. The zero-order valence-corrected chi connectivity index (χ0v) is 11.0. The molecule has 3 unspecified atom stereocenters. The van der Waals surface area contributed by atoms with Crippen molar-refractivity contribution in [3.8, 4) is 0 Å². The van der Waals surface area contributed by atoms with Gasteiger partial charge < -0.3 is 15.0 Å². The van der Waals surface area contributed by atoms with Crippen LogP contribution in [0, 0.1) is 5.92 Å². The molecule has 2 bridgehead atoms. The van der Waals surface area contributed by atoms with Crippen LogP contribution in [0.3, 0.4) is 0 Å². The Bertz CT molecular complexity index is 241. The van der Waals surface area contributed by atoms with Crippen molar-refractivity contribution >= 4 is 0 Å². The van der Waals surface area contributed by atoms with Crippen LogP contribution in [-0.4, -0.2) is 49.8 Å². The highest BCUT2D eigenvalue weighted by atomic mass is 16.5. The highest BCUT2D eigenvalue weighted by Crippen LogP contribution is 2.32. The van der Waals surface area contributed by atoms with E-state index in [-0.39, 0.29) is 0 Å². The maximum Gasteiger partial charge on any atom is 0.0622 e. The Morgan fingerprint density at radius 2 is 1.94 bits per heavy atom. The Labute approximate surface area is 105 Å². The summed E-state index contributed by atoms with van der Waals surface area (Å²) in [4.78, 5) is 2.52. The SMILES string of the molecule is CN(CCC1CC2CCC(C1)N2)C1CCOC1. The lowest BCUT2D eigenvalue weighted by atomic mass is 9.89. The van der Waals surface area contributed by atoms with Gasteiger partial charge in [0, 0.05) is 24.7 Å². The molecule has 3 heteroatoms. The van der Waals surface area contributed by atoms with Gasteiger partial charge in [-0.25, -0.2) is 0 Å². The van der Waals surface area contributed by atoms with Gasteiger partial charge in [-0.3, -0.25) is 0 Å². The molecule has 3 aliphatic heterocycles. The number of ether oxygens (including phenoxy) is 1. The molecule has 3 nitrogen and oxygen atoms in total. The fourth-order valence-electron chi connectivity index (χ4n) is 3.85. The van der Waals surface area contributed by atoms with E-state index in [4.69, 9.17) is 4.74 Å². The summed E-state index contributed by atoms with van der Waals surface area (Å²) in [6.07, 6.45) is 8.31. The summed E-state index contributed by atoms with van der Waals surface area (Å²) in [6, 6.07) is 2.38. The summed E-state index contributed by atoms with van der Waals surface area (Å²) in [5, 5.41) is 3.73. The number of hydrogen-bond acceptors (Lipinski definition) is 3. The van der Waals surface area contributed by atoms with E-state index in [1.807, 2.05) is 0 Å². The van der Waals surface area contributed by atoms with Crippen LogP contribution in [0.5, 0.6) is 0 Å². The average molecular weight is 238 g/mol. The van der Waals surface area contributed by atoms with E-state index in [9.17, 15) is 0 Å². The largest absolute Gasteiger partial charge is 0.380 e. The summed E-state index contributed by atoms with van der Waals surface area (Å²) in [6.45, 7) is 3.18. The third-order valence-electron chi connectivity index (χ3n) is 4.99. The fourth-order valence-corrected chi connectivity index (χ4v) is 3.85. The zero-order chi connectivity index (χ0) is 11.7. The molecule has 0 aromatic heterocycles. The van der Waals surface area contributed by atoms with Crippen molar-refractivity contribution in [3.63, 3.8) is 0 Å². The van der Waals surface area contributed by atoms with E-state index in [0.717, 1.165) is 31.2 Å². The van der Waals surface area contributed by atoms with E-state index >= 15 is 0 Å². The van der Waals surface area contributed by atoms with Crippen LogP contribution in [0.4, 0.5) is 0 Å². The van der Waals surface area contributed by atoms with Crippen LogP contribution in [-0.2, 0) is 4.74 Å². The van der Waals surface area contributed by atoms with Crippen LogP contribution in [0.25, 0.3) is 0 Å². The second-order valence-corrected chi connectivity index (χ2v) is 6.26. The lowest BCUT2D eigenvalue weighted by Gasteiger charge is -2.31. The molecule has 3 saturated heterocycles. The van der Waals surface area contributed by atoms with Crippen molar-refractivity contribution < 1.29 is 4.74 Å². The predicted molar refractivity (Wildman–Crippen MR) is 69.1 cm³/mol. The van der Waals surface area contributed by atoms with Gasteiger partial charge in [0.15, 0.2) is 0 Å². The molecule has 98 valence electrons. The summed E-state index contributed by atoms with van der Waals surface area (Å²) < 4.78 is 5.46. The summed E-state index contributed by atoms with van der Waals surface area (Å²) >= 11 is 0. The minimum absolute atomic E-state index is 0.688. The lowest BCUT2D eigenvalue weighted by Crippen LogP contribution is -2.40. The molecule has 3 rings (SSSR count). The third kappa shape index (κ3) is 2.83. The van der Waals surface area contributed by atoms with Crippen molar-refractivity contribution in [3.05, 3.63) is 0 Å². The number of nitrogens with zero attached hydrogens (tertiary/aromatic N) is 1. The van der Waals surface area contributed by atoms with Gasteiger partial charge in [0.1, 0.15) is 0 Å². The number of hydrogen-bond donors (Lipinski definition) is 1. The lowest BCUT2D eigenvalue weighted by molar-refractivity contribution is 0.151. The molecule has 0 amide bonds. The Kier molecular flexibility index (Phi) is 3.69. The molecule has 3 aliphatic rings. The van der Waals surface area contributed by atoms with E-state index < -0.39 is 0 Å². The van der Waals surface area contributed by atoms with Gasteiger partial charge in [0.2, 0.25) is 0 Å².